The number of amides is 2. The molecule has 8 nitrogen and oxygen atoms in total. The van der Waals surface area contributed by atoms with Crippen molar-refractivity contribution in [3.63, 3.8) is 0 Å². The summed E-state index contributed by atoms with van der Waals surface area (Å²) in [5.41, 5.74) is 0. The third-order valence-electron chi connectivity index (χ3n) is 5.73. The molecular weight excluding hydrogens is 448 g/mol. The van der Waals surface area contributed by atoms with Gasteiger partial charge in [-0.2, -0.15) is 0 Å². The summed E-state index contributed by atoms with van der Waals surface area (Å²) in [6.45, 7) is 2.25. The van der Waals surface area contributed by atoms with Gasteiger partial charge in [-0.1, -0.05) is 103 Å². The average molecular weight is 495 g/mol. The number of carboxylic acid groups (broad SMARTS) is 2. The van der Waals surface area contributed by atoms with Crippen LogP contribution < -0.4 is 10.6 Å². The van der Waals surface area contributed by atoms with E-state index in [1.165, 1.54) is 77.0 Å². The molecule has 2 amide bonds. The smallest absolute Gasteiger partial charge is 0.328 e. The minimum Gasteiger partial charge on any atom is -0.478 e. The van der Waals surface area contributed by atoms with E-state index in [1.807, 2.05) is 0 Å². The molecule has 8 heteroatoms. The molecule has 0 saturated heterocycles. The van der Waals surface area contributed by atoms with Gasteiger partial charge in [0.2, 0.25) is 11.8 Å². The number of hydrogen-bond acceptors (Lipinski definition) is 4. The van der Waals surface area contributed by atoms with Gasteiger partial charge in [-0.05, 0) is 12.8 Å². The number of carbonyl (C=O) groups excluding carboxylic acids is 2. The highest BCUT2D eigenvalue weighted by Gasteiger charge is 2.13. The van der Waals surface area contributed by atoms with Crippen LogP contribution in [0.25, 0.3) is 0 Å². The Balaban J connectivity index is 3.97. The van der Waals surface area contributed by atoms with E-state index in [2.05, 4.69) is 17.6 Å². The third-order valence-corrected chi connectivity index (χ3v) is 5.73. The Kier molecular flexibility index (Phi) is 21.4. The van der Waals surface area contributed by atoms with Gasteiger partial charge in [0.25, 0.3) is 0 Å². The Bertz CT molecular complexity index is 622. The maximum atomic E-state index is 11.9. The van der Waals surface area contributed by atoms with Crippen LogP contribution in [0.5, 0.6) is 0 Å². The lowest BCUT2D eigenvalue weighted by Gasteiger charge is -2.18. The Morgan fingerprint density at radius 2 is 0.857 bits per heavy atom. The van der Waals surface area contributed by atoms with Crippen LogP contribution in [0.1, 0.15) is 116 Å². The summed E-state index contributed by atoms with van der Waals surface area (Å²) in [5.74, 6) is -3.78. The minimum atomic E-state index is -1.25. The highest BCUT2D eigenvalue weighted by Crippen LogP contribution is 2.14. The van der Waals surface area contributed by atoms with Crippen LogP contribution in [0.3, 0.4) is 0 Å². The van der Waals surface area contributed by atoms with Gasteiger partial charge in [0, 0.05) is 24.3 Å². The normalized spacial score (nSPS) is 11.4. The molecule has 0 heterocycles. The second-order valence-electron chi connectivity index (χ2n) is 9.00. The lowest BCUT2D eigenvalue weighted by Crippen LogP contribution is -2.47. The molecular formula is C27H46N2O6. The maximum Gasteiger partial charge on any atom is 0.328 e. The molecule has 0 spiro atoms. The highest BCUT2D eigenvalue weighted by atomic mass is 16.4. The molecule has 0 aromatic rings. The van der Waals surface area contributed by atoms with Gasteiger partial charge in [-0.15, -0.1) is 0 Å². The first kappa shape index (κ1) is 32.4. The van der Waals surface area contributed by atoms with E-state index in [4.69, 9.17) is 10.2 Å². The minimum absolute atomic E-state index is 0.470. The van der Waals surface area contributed by atoms with Crippen LogP contribution in [-0.2, 0) is 19.2 Å². The molecule has 0 atom stereocenters. The van der Waals surface area contributed by atoms with E-state index in [0.29, 0.717) is 18.6 Å². The summed E-state index contributed by atoms with van der Waals surface area (Å²) in [7, 11) is 0. The van der Waals surface area contributed by atoms with E-state index in [1.54, 1.807) is 0 Å². The molecule has 0 rings (SSSR count). The summed E-state index contributed by atoms with van der Waals surface area (Å²) in [4.78, 5) is 44.8. The van der Waals surface area contributed by atoms with E-state index in [-0.39, 0.29) is 0 Å². The zero-order valence-corrected chi connectivity index (χ0v) is 21.4. The maximum absolute atomic E-state index is 11.9. The monoisotopic (exact) mass is 494 g/mol. The van der Waals surface area contributed by atoms with Crippen LogP contribution >= 0.6 is 0 Å². The molecule has 0 aliphatic rings. The van der Waals surface area contributed by atoms with E-state index < -0.39 is 29.9 Å². The number of hydrogen-bond donors (Lipinski definition) is 4. The number of aliphatic carboxylic acids is 2. The molecule has 0 aromatic carbocycles. The standard InChI is InChI=1S/C27H46N2O6/c1-2-3-4-5-6-7-8-9-10-11-12-13-14-15-16-17-18-23(28-24(30)19-21-26(32)33)29-25(31)20-22-27(34)35/h19-23H,2-18H2,1H3,(H,28,30)(H,29,31)(H,32,33)(H,34,35)/b21-19-,22-20-. The first-order chi connectivity index (χ1) is 16.8. The van der Waals surface area contributed by atoms with Crippen molar-refractivity contribution in [2.75, 3.05) is 0 Å². The van der Waals surface area contributed by atoms with Crippen LogP contribution in [0.15, 0.2) is 24.3 Å². The van der Waals surface area contributed by atoms with Gasteiger partial charge in [-0.25, -0.2) is 9.59 Å². The topological polar surface area (TPSA) is 133 Å². The number of rotatable bonds is 23. The molecule has 0 aliphatic heterocycles. The van der Waals surface area contributed by atoms with Gasteiger partial charge in [-0.3, -0.25) is 9.59 Å². The molecule has 0 radical (unpaired) electrons. The molecule has 200 valence electrons. The number of carbonyl (C=O) groups is 4. The van der Waals surface area contributed by atoms with Gasteiger partial charge < -0.3 is 20.8 Å². The predicted octanol–water partition coefficient (Wildman–Crippen LogP) is 5.48. The van der Waals surface area contributed by atoms with Crippen molar-refractivity contribution >= 4 is 23.8 Å². The third kappa shape index (κ3) is 24.3. The van der Waals surface area contributed by atoms with Gasteiger partial charge >= 0.3 is 11.9 Å². The molecule has 0 saturated carbocycles. The molecule has 0 fully saturated rings. The molecule has 4 N–H and O–H groups in total. The molecule has 0 unspecified atom stereocenters. The second-order valence-corrected chi connectivity index (χ2v) is 9.00. The molecule has 0 bridgehead atoms. The van der Waals surface area contributed by atoms with Crippen LogP contribution in [0, 0.1) is 0 Å². The quantitative estimate of drug-likeness (QED) is 0.0845. The second kappa shape index (κ2) is 23.1. The fourth-order valence-electron chi connectivity index (χ4n) is 3.81. The summed E-state index contributed by atoms with van der Waals surface area (Å²) in [6, 6.07) is 0. The number of unbranched alkanes of at least 4 members (excludes halogenated alkanes) is 15. The van der Waals surface area contributed by atoms with Crippen molar-refractivity contribution in [2.45, 2.75) is 122 Å². The zero-order valence-electron chi connectivity index (χ0n) is 21.4. The van der Waals surface area contributed by atoms with Crippen LogP contribution in [0.4, 0.5) is 0 Å². The van der Waals surface area contributed by atoms with E-state index in [0.717, 1.165) is 37.8 Å². The number of nitrogens with one attached hydrogen (secondary N) is 2. The molecule has 35 heavy (non-hydrogen) atoms. The Morgan fingerprint density at radius 1 is 0.543 bits per heavy atom. The SMILES string of the molecule is CCCCCCCCCCCCCCCCCCC(NC(=O)/C=C\C(=O)O)NC(=O)/C=C\C(=O)O. The summed E-state index contributed by atoms with van der Waals surface area (Å²) < 4.78 is 0. The predicted molar refractivity (Wildman–Crippen MR) is 138 cm³/mol. The first-order valence-electron chi connectivity index (χ1n) is 13.3. The van der Waals surface area contributed by atoms with Crippen LogP contribution in [0.2, 0.25) is 0 Å². The van der Waals surface area contributed by atoms with Crippen molar-refractivity contribution in [1.82, 2.24) is 10.6 Å². The van der Waals surface area contributed by atoms with E-state index >= 15 is 0 Å². The Hall–Kier alpha value is -2.64. The lowest BCUT2D eigenvalue weighted by molar-refractivity contribution is -0.132. The van der Waals surface area contributed by atoms with Gasteiger partial charge in [0.15, 0.2) is 0 Å². The van der Waals surface area contributed by atoms with Crippen molar-refractivity contribution in [1.29, 1.82) is 0 Å². The summed E-state index contributed by atoms with van der Waals surface area (Å²) >= 11 is 0. The summed E-state index contributed by atoms with van der Waals surface area (Å²) in [5, 5.41) is 22.3. The molecule has 0 aliphatic carbocycles. The van der Waals surface area contributed by atoms with Crippen molar-refractivity contribution in [3.05, 3.63) is 24.3 Å². The molecule has 0 aromatic heterocycles. The van der Waals surface area contributed by atoms with Crippen molar-refractivity contribution in [2.24, 2.45) is 0 Å². The van der Waals surface area contributed by atoms with Gasteiger partial charge in [0.1, 0.15) is 6.17 Å². The highest BCUT2D eigenvalue weighted by molar-refractivity contribution is 5.95. The van der Waals surface area contributed by atoms with Gasteiger partial charge in [0.05, 0.1) is 0 Å². The first-order valence-corrected chi connectivity index (χ1v) is 13.3. The Labute approximate surface area is 210 Å². The largest absolute Gasteiger partial charge is 0.478 e. The fourth-order valence-corrected chi connectivity index (χ4v) is 3.81. The number of carboxylic acids is 2. The average Bonchev–Trinajstić information content (AvgIpc) is 2.81. The van der Waals surface area contributed by atoms with Crippen molar-refractivity contribution < 1.29 is 29.4 Å². The van der Waals surface area contributed by atoms with Crippen molar-refractivity contribution in [3.8, 4) is 0 Å². The van der Waals surface area contributed by atoms with Crippen LogP contribution in [-0.4, -0.2) is 40.1 Å². The fraction of sp³-hybridized carbons (Fsp3) is 0.704. The Morgan fingerprint density at radius 3 is 1.17 bits per heavy atom. The van der Waals surface area contributed by atoms with E-state index in [9.17, 15) is 19.2 Å². The zero-order chi connectivity index (χ0) is 26.2. The summed E-state index contributed by atoms with van der Waals surface area (Å²) in [6.07, 6.45) is 22.9. The lowest BCUT2D eigenvalue weighted by atomic mass is 10.0.